The molecule has 0 radical (unpaired) electrons. The first-order valence-electron chi connectivity index (χ1n) is 7.07. The molecule has 0 amide bonds. The van der Waals surface area contributed by atoms with E-state index in [-0.39, 0.29) is 5.54 Å². The minimum Gasteiger partial charge on any atom is -0.396 e. The van der Waals surface area contributed by atoms with Gasteiger partial charge in [0.2, 0.25) is 0 Å². The van der Waals surface area contributed by atoms with Crippen LogP contribution < -0.4 is 4.90 Å². The zero-order valence-corrected chi connectivity index (χ0v) is 11.8. The van der Waals surface area contributed by atoms with Gasteiger partial charge in [0.25, 0.3) is 0 Å². The zero-order valence-electron chi connectivity index (χ0n) is 11.8. The smallest absolute Gasteiger partial charge is 0.0434 e. The molecule has 1 saturated heterocycles. The second kappa shape index (κ2) is 5.31. The fraction of sp³-hybridized carbons (Fsp3) is 0.625. The zero-order chi connectivity index (χ0) is 13.2. The summed E-state index contributed by atoms with van der Waals surface area (Å²) in [6.07, 6.45) is 3.19. The average molecular weight is 247 g/mol. The Morgan fingerprint density at radius 2 is 1.94 bits per heavy atom. The van der Waals surface area contributed by atoms with Crippen molar-refractivity contribution in [2.24, 2.45) is 5.92 Å². The molecule has 0 aliphatic carbocycles. The van der Waals surface area contributed by atoms with Crippen molar-refractivity contribution in [1.82, 2.24) is 0 Å². The molecule has 1 aliphatic rings. The van der Waals surface area contributed by atoms with E-state index in [1.807, 2.05) is 0 Å². The maximum Gasteiger partial charge on any atom is 0.0434 e. The summed E-state index contributed by atoms with van der Waals surface area (Å²) in [5, 5.41) is 9.17. The highest BCUT2D eigenvalue weighted by atomic mass is 16.3. The van der Waals surface area contributed by atoms with Gasteiger partial charge < -0.3 is 10.0 Å². The number of aliphatic hydroxyl groups is 1. The van der Waals surface area contributed by atoms with E-state index in [0.717, 1.165) is 19.4 Å². The molecule has 2 nitrogen and oxygen atoms in total. The molecule has 18 heavy (non-hydrogen) atoms. The number of aliphatic hydroxyl groups excluding tert-OH is 1. The van der Waals surface area contributed by atoms with Crippen molar-refractivity contribution in [2.45, 2.75) is 45.6 Å². The number of aryl methyl sites for hydroxylation is 1. The van der Waals surface area contributed by atoms with Crippen molar-refractivity contribution >= 4 is 5.69 Å². The third kappa shape index (κ3) is 2.39. The van der Waals surface area contributed by atoms with Crippen LogP contribution in [0.25, 0.3) is 0 Å². The van der Waals surface area contributed by atoms with Crippen molar-refractivity contribution in [1.29, 1.82) is 0 Å². The summed E-state index contributed by atoms with van der Waals surface area (Å²) in [6.45, 7) is 8.19. The second-order valence-electron chi connectivity index (χ2n) is 5.82. The fourth-order valence-corrected chi connectivity index (χ4v) is 3.17. The Balaban J connectivity index is 2.18. The lowest BCUT2D eigenvalue weighted by Gasteiger charge is -2.37. The molecule has 1 aromatic carbocycles. The molecule has 1 fully saturated rings. The lowest BCUT2D eigenvalue weighted by atomic mass is 9.86. The summed E-state index contributed by atoms with van der Waals surface area (Å²) < 4.78 is 0. The van der Waals surface area contributed by atoms with Crippen LogP contribution in [0, 0.1) is 5.92 Å². The lowest BCUT2D eigenvalue weighted by molar-refractivity contribution is 0.229. The monoisotopic (exact) mass is 247 g/mol. The van der Waals surface area contributed by atoms with E-state index in [9.17, 15) is 0 Å². The van der Waals surface area contributed by atoms with Gasteiger partial charge in [-0.05, 0) is 56.7 Å². The number of anilines is 1. The van der Waals surface area contributed by atoms with Crippen molar-refractivity contribution in [3.63, 3.8) is 0 Å². The van der Waals surface area contributed by atoms with Gasteiger partial charge in [0, 0.05) is 24.4 Å². The molecule has 100 valence electrons. The highest BCUT2D eigenvalue weighted by Gasteiger charge is 2.40. The molecule has 0 bridgehead atoms. The Morgan fingerprint density at radius 1 is 1.28 bits per heavy atom. The molecule has 0 saturated carbocycles. The van der Waals surface area contributed by atoms with Gasteiger partial charge in [0.05, 0.1) is 0 Å². The number of benzene rings is 1. The van der Waals surface area contributed by atoms with Gasteiger partial charge in [-0.1, -0.05) is 19.1 Å². The summed E-state index contributed by atoms with van der Waals surface area (Å²) in [6, 6.07) is 8.93. The first kappa shape index (κ1) is 13.4. The predicted molar refractivity (Wildman–Crippen MR) is 77.1 cm³/mol. The van der Waals surface area contributed by atoms with Crippen LogP contribution in [0.15, 0.2) is 24.3 Å². The van der Waals surface area contributed by atoms with Crippen LogP contribution in [0.4, 0.5) is 5.69 Å². The number of nitrogens with zero attached hydrogens (tertiary/aromatic N) is 1. The van der Waals surface area contributed by atoms with Crippen LogP contribution in [0.1, 0.15) is 39.2 Å². The number of hydrogen-bond acceptors (Lipinski definition) is 2. The minimum atomic E-state index is 0.149. The molecule has 2 rings (SSSR count). The van der Waals surface area contributed by atoms with Crippen LogP contribution in [0.2, 0.25) is 0 Å². The van der Waals surface area contributed by atoms with Crippen LogP contribution in [-0.4, -0.2) is 23.8 Å². The SMILES string of the molecule is CCc1ccc(N2CCC(CCO)C2(C)C)cc1. The minimum absolute atomic E-state index is 0.149. The van der Waals surface area contributed by atoms with Crippen molar-refractivity contribution in [3.8, 4) is 0 Å². The second-order valence-corrected chi connectivity index (χ2v) is 5.82. The van der Waals surface area contributed by atoms with E-state index in [0.29, 0.717) is 12.5 Å². The molecular weight excluding hydrogens is 222 g/mol. The van der Waals surface area contributed by atoms with Gasteiger partial charge >= 0.3 is 0 Å². The molecule has 2 heteroatoms. The third-order valence-corrected chi connectivity index (χ3v) is 4.53. The van der Waals surface area contributed by atoms with E-state index >= 15 is 0 Å². The lowest BCUT2D eigenvalue weighted by Crippen LogP contribution is -2.42. The van der Waals surface area contributed by atoms with Gasteiger partial charge in [-0.3, -0.25) is 0 Å². The Kier molecular flexibility index (Phi) is 3.96. The van der Waals surface area contributed by atoms with Crippen molar-refractivity contribution in [3.05, 3.63) is 29.8 Å². The molecule has 1 N–H and O–H groups in total. The maximum absolute atomic E-state index is 9.17. The molecular formula is C16H25NO. The molecule has 1 heterocycles. The summed E-state index contributed by atoms with van der Waals surface area (Å²) >= 11 is 0. The average Bonchev–Trinajstić information content (AvgIpc) is 2.66. The molecule has 1 aromatic rings. The van der Waals surface area contributed by atoms with Gasteiger partial charge in [-0.15, -0.1) is 0 Å². The standard InChI is InChI=1S/C16H25NO/c1-4-13-5-7-15(8-6-13)17-11-9-14(10-12-18)16(17,2)3/h5-8,14,18H,4,9-12H2,1-3H3. The normalized spacial score (nSPS) is 22.4. The van der Waals surface area contributed by atoms with Crippen LogP contribution in [0.3, 0.4) is 0 Å². The van der Waals surface area contributed by atoms with E-state index in [1.165, 1.54) is 17.7 Å². The maximum atomic E-state index is 9.17. The quantitative estimate of drug-likeness (QED) is 0.883. The van der Waals surface area contributed by atoms with Crippen LogP contribution in [0.5, 0.6) is 0 Å². The summed E-state index contributed by atoms with van der Waals surface area (Å²) in [7, 11) is 0. The third-order valence-electron chi connectivity index (χ3n) is 4.53. The van der Waals surface area contributed by atoms with Crippen LogP contribution >= 0.6 is 0 Å². The first-order chi connectivity index (χ1) is 8.59. The highest BCUT2D eigenvalue weighted by Crippen LogP contribution is 2.39. The molecule has 1 unspecified atom stereocenters. The molecule has 0 spiro atoms. The van der Waals surface area contributed by atoms with Gasteiger partial charge in [-0.25, -0.2) is 0 Å². The van der Waals surface area contributed by atoms with E-state index in [2.05, 4.69) is 49.9 Å². The van der Waals surface area contributed by atoms with Gasteiger partial charge in [0.1, 0.15) is 0 Å². The predicted octanol–water partition coefficient (Wildman–Crippen LogP) is 3.24. The Morgan fingerprint density at radius 3 is 2.50 bits per heavy atom. The number of rotatable bonds is 4. The number of hydrogen-bond donors (Lipinski definition) is 1. The topological polar surface area (TPSA) is 23.5 Å². The van der Waals surface area contributed by atoms with Gasteiger partial charge in [-0.2, -0.15) is 0 Å². The van der Waals surface area contributed by atoms with E-state index in [1.54, 1.807) is 0 Å². The molecule has 1 atom stereocenters. The highest BCUT2D eigenvalue weighted by molar-refractivity contribution is 5.51. The van der Waals surface area contributed by atoms with E-state index < -0.39 is 0 Å². The van der Waals surface area contributed by atoms with E-state index in [4.69, 9.17) is 5.11 Å². The van der Waals surface area contributed by atoms with Crippen LogP contribution in [-0.2, 0) is 6.42 Å². The Bertz CT molecular complexity index is 383. The first-order valence-corrected chi connectivity index (χ1v) is 7.07. The Labute approximate surface area is 111 Å². The summed E-state index contributed by atoms with van der Waals surface area (Å²) in [4.78, 5) is 2.49. The molecule has 1 aliphatic heterocycles. The molecule has 0 aromatic heterocycles. The van der Waals surface area contributed by atoms with Crippen molar-refractivity contribution < 1.29 is 5.11 Å². The van der Waals surface area contributed by atoms with Gasteiger partial charge in [0.15, 0.2) is 0 Å². The van der Waals surface area contributed by atoms with Crippen molar-refractivity contribution in [2.75, 3.05) is 18.1 Å². The fourth-order valence-electron chi connectivity index (χ4n) is 3.17. The largest absolute Gasteiger partial charge is 0.396 e. The Hall–Kier alpha value is -1.02. The summed E-state index contributed by atoms with van der Waals surface area (Å²) in [5.74, 6) is 0.591. The summed E-state index contributed by atoms with van der Waals surface area (Å²) in [5.41, 5.74) is 2.86.